The maximum atomic E-state index is 9.65. The molecule has 0 aliphatic heterocycles. The van der Waals surface area contributed by atoms with Crippen molar-refractivity contribution in [1.29, 1.82) is 0 Å². The van der Waals surface area contributed by atoms with Gasteiger partial charge >= 0.3 is 0 Å². The van der Waals surface area contributed by atoms with Gasteiger partial charge in [0.05, 0.1) is 18.9 Å². The van der Waals surface area contributed by atoms with Crippen molar-refractivity contribution in [3.63, 3.8) is 0 Å². The second kappa shape index (κ2) is 4.97. The van der Waals surface area contributed by atoms with E-state index in [1.165, 1.54) is 7.11 Å². The van der Waals surface area contributed by atoms with Gasteiger partial charge in [0.1, 0.15) is 11.9 Å². The molecule has 84 valence electrons. The Bertz CT molecular complexity index is 330. The lowest BCUT2D eigenvalue weighted by molar-refractivity contribution is 0.0243. The van der Waals surface area contributed by atoms with Gasteiger partial charge in [-0.15, -0.1) is 0 Å². The lowest BCUT2D eigenvalue weighted by Gasteiger charge is -2.17. The number of hydrogen-bond donors (Lipinski definition) is 4. The molecular weight excluding hydrogens is 196 g/mol. The molecule has 2 unspecified atom stereocenters. The highest BCUT2D eigenvalue weighted by Gasteiger charge is 2.17. The van der Waals surface area contributed by atoms with E-state index in [1.807, 2.05) is 0 Å². The molecule has 0 saturated carbocycles. The van der Waals surface area contributed by atoms with Gasteiger partial charge in [-0.2, -0.15) is 0 Å². The summed E-state index contributed by atoms with van der Waals surface area (Å²) in [6.45, 7) is -0.00684. The Morgan fingerprint density at radius 2 is 2.07 bits per heavy atom. The lowest BCUT2D eigenvalue weighted by atomic mass is 10.0. The highest BCUT2D eigenvalue weighted by molar-refractivity contribution is 5.54. The summed E-state index contributed by atoms with van der Waals surface area (Å²) in [6.07, 6.45) is -2.01. The molecular formula is C10H16N2O3. The molecule has 0 heterocycles. The molecule has 6 N–H and O–H groups in total. The summed E-state index contributed by atoms with van der Waals surface area (Å²) in [6, 6.07) is 4.83. The van der Waals surface area contributed by atoms with Crippen LogP contribution < -0.4 is 16.2 Å². The fraction of sp³-hybridized carbons (Fsp3) is 0.400. The van der Waals surface area contributed by atoms with Gasteiger partial charge < -0.3 is 26.4 Å². The zero-order valence-electron chi connectivity index (χ0n) is 8.55. The quantitative estimate of drug-likeness (QED) is 0.510. The lowest BCUT2D eigenvalue weighted by Crippen LogP contribution is -2.27. The Morgan fingerprint density at radius 3 is 2.53 bits per heavy atom. The SMILES string of the molecule is COc1ccc(C(O)C(O)CN)cc1N. The zero-order valence-corrected chi connectivity index (χ0v) is 8.55. The third kappa shape index (κ3) is 2.59. The summed E-state index contributed by atoms with van der Waals surface area (Å²) in [7, 11) is 1.51. The molecule has 0 fully saturated rings. The van der Waals surface area contributed by atoms with Gasteiger partial charge in [0.15, 0.2) is 0 Å². The van der Waals surface area contributed by atoms with E-state index < -0.39 is 12.2 Å². The molecule has 15 heavy (non-hydrogen) atoms. The molecule has 0 amide bonds. The normalized spacial score (nSPS) is 14.7. The van der Waals surface area contributed by atoms with E-state index in [0.717, 1.165) is 0 Å². The molecule has 0 radical (unpaired) electrons. The van der Waals surface area contributed by atoms with E-state index in [2.05, 4.69) is 0 Å². The van der Waals surface area contributed by atoms with E-state index in [4.69, 9.17) is 16.2 Å². The predicted octanol–water partition coefficient (Wildman–Crippen LogP) is -0.370. The third-order valence-corrected chi connectivity index (χ3v) is 2.20. The highest BCUT2D eigenvalue weighted by Crippen LogP contribution is 2.26. The van der Waals surface area contributed by atoms with Crippen molar-refractivity contribution in [3.05, 3.63) is 23.8 Å². The van der Waals surface area contributed by atoms with Crippen LogP contribution in [-0.4, -0.2) is 30.0 Å². The largest absolute Gasteiger partial charge is 0.495 e. The summed E-state index contributed by atoms with van der Waals surface area (Å²) in [5, 5.41) is 19.0. The van der Waals surface area contributed by atoms with E-state index in [1.54, 1.807) is 18.2 Å². The van der Waals surface area contributed by atoms with Crippen LogP contribution >= 0.6 is 0 Å². The van der Waals surface area contributed by atoms with Crippen molar-refractivity contribution < 1.29 is 14.9 Å². The van der Waals surface area contributed by atoms with Crippen LogP contribution in [0, 0.1) is 0 Å². The molecule has 0 aromatic heterocycles. The zero-order chi connectivity index (χ0) is 11.4. The van der Waals surface area contributed by atoms with Crippen molar-refractivity contribution >= 4 is 5.69 Å². The molecule has 5 nitrogen and oxygen atoms in total. The van der Waals surface area contributed by atoms with Crippen LogP contribution in [0.3, 0.4) is 0 Å². The minimum absolute atomic E-state index is 0.00684. The minimum atomic E-state index is -1.02. The average molecular weight is 212 g/mol. The van der Waals surface area contributed by atoms with E-state index in [9.17, 15) is 10.2 Å². The fourth-order valence-corrected chi connectivity index (χ4v) is 1.29. The van der Waals surface area contributed by atoms with Gasteiger partial charge in [0, 0.05) is 6.54 Å². The van der Waals surface area contributed by atoms with Gasteiger partial charge in [0.25, 0.3) is 0 Å². The molecule has 1 rings (SSSR count). The maximum Gasteiger partial charge on any atom is 0.141 e. The number of ether oxygens (including phenoxy) is 1. The van der Waals surface area contributed by atoms with Crippen LogP contribution in [0.25, 0.3) is 0 Å². The number of aliphatic hydroxyl groups excluding tert-OH is 2. The van der Waals surface area contributed by atoms with Crippen LogP contribution in [-0.2, 0) is 0 Å². The Kier molecular flexibility index (Phi) is 3.90. The van der Waals surface area contributed by atoms with E-state index in [0.29, 0.717) is 17.0 Å². The van der Waals surface area contributed by atoms with E-state index >= 15 is 0 Å². The topological polar surface area (TPSA) is 102 Å². The molecule has 0 bridgehead atoms. The van der Waals surface area contributed by atoms with Gasteiger partial charge in [0.2, 0.25) is 0 Å². The van der Waals surface area contributed by atoms with E-state index in [-0.39, 0.29) is 6.54 Å². The Morgan fingerprint density at radius 1 is 1.40 bits per heavy atom. The molecule has 0 spiro atoms. The number of benzene rings is 1. The average Bonchev–Trinajstić information content (AvgIpc) is 2.26. The van der Waals surface area contributed by atoms with Crippen molar-refractivity contribution in [2.24, 2.45) is 5.73 Å². The fourth-order valence-electron chi connectivity index (χ4n) is 1.29. The Labute approximate surface area is 88.3 Å². The Hall–Kier alpha value is -1.30. The smallest absolute Gasteiger partial charge is 0.141 e. The first-order valence-electron chi connectivity index (χ1n) is 4.59. The van der Waals surface area contributed by atoms with Gasteiger partial charge in [-0.1, -0.05) is 6.07 Å². The standard InChI is InChI=1S/C10H16N2O3/c1-15-9-3-2-6(4-7(9)12)10(14)8(13)5-11/h2-4,8,10,13-14H,5,11-12H2,1H3. The first-order valence-corrected chi connectivity index (χ1v) is 4.59. The van der Waals surface area contributed by atoms with Gasteiger partial charge in [-0.05, 0) is 17.7 Å². The first kappa shape index (κ1) is 11.8. The minimum Gasteiger partial charge on any atom is -0.495 e. The molecule has 0 aliphatic rings. The van der Waals surface area contributed by atoms with Gasteiger partial charge in [-0.3, -0.25) is 0 Å². The molecule has 5 heteroatoms. The monoisotopic (exact) mass is 212 g/mol. The van der Waals surface area contributed by atoms with Crippen LogP contribution in [0.5, 0.6) is 5.75 Å². The summed E-state index contributed by atoms with van der Waals surface area (Å²) in [5.74, 6) is 0.535. The first-order chi connectivity index (χ1) is 7.10. The van der Waals surface area contributed by atoms with Crippen LogP contribution in [0.1, 0.15) is 11.7 Å². The number of methoxy groups -OCH3 is 1. The summed E-state index contributed by atoms with van der Waals surface area (Å²) < 4.78 is 4.97. The molecule has 1 aromatic carbocycles. The predicted molar refractivity (Wildman–Crippen MR) is 57.4 cm³/mol. The molecule has 2 atom stereocenters. The molecule has 1 aromatic rings. The highest BCUT2D eigenvalue weighted by atomic mass is 16.5. The molecule has 0 aliphatic carbocycles. The number of aliphatic hydroxyl groups is 2. The number of nitrogen functional groups attached to an aromatic ring is 1. The summed E-state index contributed by atoms with van der Waals surface area (Å²) >= 11 is 0. The van der Waals surface area contributed by atoms with Crippen molar-refractivity contribution in [2.75, 3.05) is 19.4 Å². The van der Waals surface area contributed by atoms with Crippen LogP contribution in [0.15, 0.2) is 18.2 Å². The van der Waals surface area contributed by atoms with Gasteiger partial charge in [-0.25, -0.2) is 0 Å². The number of rotatable bonds is 4. The van der Waals surface area contributed by atoms with Crippen molar-refractivity contribution in [3.8, 4) is 5.75 Å². The number of hydrogen-bond acceptors (Lipinski definition) is 5. The second-order valence-corrected chi connectivity index (χ2v) is 3.25. The van der Waals surface area contributed by atoms with Crippen molar-refractivity contribution in [1.82, 2.24) is 0 Å². The molecule has 0 saturated heterocycles. The second-order valence-electron chi connectivity index (χ2n) is 3.25. The van der Waals surface area contributed by atoms with Crippen LogP contribution in [0.4, 0.5) is 5.69 Å². The van der Waals surface area contributed by atoms with Crippen molar-refractivity contribution in [2.45, 2.75) is 12.2 Å². The summed E-state index contributed by atoms with van der Waals surface area (Å²) in [5.41, 5.74) is 11.8. The number of nitrogens with two attached hydrogens (primary N) is 2. The third-order valence-electron chi connectivity index (χ3n) is 2.20. The maximum absolute atomic E-state index is 9.65. The Balaban J connectivity index is 2.92. The number of anilines is 1. The summed E-state index contributed by atoms with van der Waals surface area (Å²) in [4.78, 5) is 0. The van der Waals surface area contributed by atoms with Crippen LogP contribution in [0.2, 0.25) is 0 Å².